The lowest BCUT2D eigenvalue weighted by atomic mass is 10.1. The number of thioether (sulfide) groups is 1. The third-order valence-corrected chi connectivity index (χ3v) is 3.03. The fraction of sp³-hybridized carbons (Fsp3) is 0.231. The highest BCUT2D eigenvalue weighted by molar-refractivity contribution is 8.13. The molecule has 0 fully saturated rings. The van der Waals surface area contributed by atoms with Crippen LogP contribution in [0.2, 0.25) is 0 Å². The number of allylic oxidation sites excluding steroid dienone is 1. The first-order chi connectivity index (χ1) is 8.50. The van der Waals surface area contributed by atoms with Gasteiger partial charge in [-0.05, 0) is 24.1 Å². The molecule has 0 atom stereocenters. The summed E-state index contributed by atoms with van der Waals surface area (Å²) < 4.78 is 0. The summed E-state index contributed by atoms with van der Waals surface area (Å²) in [5.74, 6) is -0.0475. The zero-order valence-electron chi connectivity index (χ0n) is 10.1. The molecule has 4 nitrogen and oxygen atoms in total. The van der Waals surface area contributed by atoms with Crippen LogP contribution in [0.25, 0.3) is 6.08 Å². The predicted molar refractivity (Wildman–Crippen MR) is 73.4 cm³/mol. The topological polar surface area (TPSA) is 80.4 Å². The zero-order chi connectivity index (χ0) is 13.5. The van der Waals surface area contributed by atoms with Gasteiger partial charge in [0.25, 0.3) is 5.91 Å². The van der Waals surface area contributed by atoms with Crippen molar-refractivity contribution in [2.75, 3.05) is 5.75 Å². The molecule has 0 aromatic heterocycles. The zero-order valence-corrected chi connectivity index (χ0v) is 10.9. The molecule has 5 heteroatoms. The quantitative estimate of drug-likeness (QED) is 0.799. The Morgan fingerprint density at radius 2 is 2.17 bits per heavy atom. The van der Waals surface area contributed by atoms with Crippen LogP contribution in [-0.2, 0) is 4.79 Å². The highest BCUT2D eigenvalue weighted by Gasteiger charge is 2.06. The SMILES string of the molecule is CC(=O)SCCC=Cc1ccc(O)c(C(N)=O)c1. The molecule has 18 heavy (non-hydrogen) atoms. The molecule has 0 bridgehead atoms. The van der Waals surface area contributed by atoms with Gasteiger partial charge in [-0.25, -0.2) is 0 Å². The van der Waals surface area contributed by atoms with Crippen molar-refractivity contribution in [3.8, 4) is 5.75 Å². The van der Waals surface area contributed by atoms with Crippen LogP contribution < -0.4 is 5.73 Å². The second-order valence-corrected chi connectivity index (χ2v) is 4.94. The van der Waals surface area contributed by atoms with E-state index in [1.165, 1.54) is 30.8 Å². The Balaban J connectivity index is 2.62. The lowest BCUT2D eigenvalue weighted by molar-refractivity contribution is -0.109. The van der Waals surface area contributed by atoms with Gasteiger partial charge in [0, 0.05) is 12.7 Å². The minimum absolute atomic E-state index is 0.101. The number of carbonyl (C=O) groups is 2. The minimum Gasteiger partial charge on any atom is -0.507 e. The van der Waals surface area contributed by atoms with Crippen LogP contribution in [0.5, 0.6) is 5.75 Å². The third kappa shape index (κ3) is 4.63. The lowest BCUT2D eigenvalue weighted by Crippen LogP contribution is -2.11. The van der Waals surface area contributed by atoms with Crippen LogP contribution in [-0.4, -0.2) is 21.9 Å². The maximum atomic E-state index is 11.0. The smallest absolute Gasteiger partial charge is 0.252 e. The molecular weight excluding hydrogens is 250 g/mol. The van der Waals surface area contributed by atoms with E-state index >= 15 is 0 Å². The molecule has 1 aromatic rings. The molecule has 0 aliphatic rings. The lowest BCUT2D eigenvalue weighted by Gasteiger charge is -2.01. The monoisotopic (exact) mass is 265 g/mol. The first-order valence-corrected chi connectivity index (χ1v) is 6.42. The summed E-state index contributed by atoms with van der Waals surface area (Å²) in [7, 11) is 0. The number of carbonyl (C=O) groups excluding carboxylic acids is 2. The van der Waals surface area contributed by atoms with Gasteiger partial charge in [0.15, 0.2) is 5.12 Å². The molecule has 3 N–H and O–H groups in total. The molecule has 96 valence electrons. The summed E-state index contributed by atoms with van der Waals surface area (Å²) in [6, 6.07) is 4.66. The largest absolute Gasteiger partial charge is 0.507 e. The molecule has 0 radical (unpaired) electrons. The van der Waals surface area contributed by atoms with Crippen LogP contribution >= 0.6 is 11.8 Å². The van der Waals surface area contributed by atoms with Gasteiger partial charge in [0.05, 0.1) is 5.56 Å². The Morgan fingerprint density at radius 3 is 2.78 bits per heavy atom. The molecule has 0 unspecified atom stereocenters. The molecule has 0 saturated carbocycles. The molecule has 0 heterocycles. The Bertz CT molecular complexity index is 483. The minimum atomic E-state index is -0.658. The first-order valence-electron chi connectivity index (χ1n) is 5.43. The van der Waals surface area contributed by atoms with Crippen LogP contribution in [0.1, 0.15) is 29.3 Å². The molecule has 1 aromatic carbocycles. The number of amides is 1. The van der Waals surface area contributed by atoms with Crippen LogP contribution in [0.15, 0.2) is 24.3 Å². The van der Waals surface area contributed by atoms with Gasteiger partial charge in [-0.2, -0.15) is 0 Å². The predicted octanol–water partition coefficient (Wildman–Crippen LogP) is 2.17. The number of hydrogen-bond donors (Lipinski definition) is 2. The van der Waals surface area contributed by atoms with Crippen molar-refractivity contribution < 1.29 is 14.7 Å². The van der Waals surface area contributed by atoms with E-state index in [0.29, 0.717) is 0 Å². The number of aromatic hydroxyl groups is 1. The van der Waals surface area contributed by atoms with Gasteiger partial charge in [-0.1, -0.05) is 30.0 Å². The van der Waals surface area contributed by atoms with E-state index in [1.807, 2.05) is 12.2 Å². The van der Waals surface area contributed by atoms with E-state index in [-0.39, 0.29) is 16.4 Å². The average molecular weight is 265 g/mol. The van der Waals surface area contributed by atoms with Crippen LogP contribution in [0, 0.1) is 0 Å². The van der Waals surface area contributed by atoms with Crippen molar-refractivity contribution in [3.05, 3.63) is 35.4 Å². The molecule has 1 rings (SSSR count). The number of nitrogens with two attached hydrogens (primary N) is 1. The number of benzene rings is 1. The fourth-order valence-corrected chi connectivity index (χ4v) is 1.89. The van der Waals surface area contributed by atoms with Crippen molar-refractivity contribution in [2.24, 2.45) is 5.73 Å². The van der Waals surface area contributed by atoms with Crippen LogP contribution in [0.3, 0.4) is 0 Å². The maximum absolute atomic E-state index is 11.0. The van der Waals surface area contributed by atoms with E-state index < -0.39 is 5.91 Å². The summed E-state index contributed by atoms with van der Waals surface area (Å²) in [6.45, 7) is 1.54. The van der Waals surface area contributed by atoms with E-state index in [0.717, 1.165) is 17.7 Å². The summed E-state index contributed by atoms with van der Waals surface area (Å²) in [6.07, 6.45) is 4.50. The third-order valence-electron chi connectivity index (χ3n) is 2.19. The Labute approximate surface area is 110 Å². The molecule has 0 saturated heterocycles. The Morgan fingerprint density at radius 1 is 1.44 bits per heavy atom. The second-order valence-electron chi connectivity index (χ2n) is 3.67. The van der Waals surface area contributed by atoms with Gasteiger partial charge in [-0.3, -0.25) is 9.59 Å². The Hall–Kier alpha value is -1.75. The van der Waals surface area contributed by atoms with Crippen LogP contribution in [0.4, 0.5) is 0 Å². The van der Waals surface area contributed by atoms with E-state index in [9.17, 15) is 14.7 Å². The van der Waals surface area contributed by atoms with E-state index in [4.69, 9.17) is 5.73 Å². The molecule has 0 aliphatic carbocycles. The average Bonchev–Trinajstić information content (AvgIpc) is 2.30. The van der Waals surface area contributed by atoms with Crippen molar-refractivity contribution in [2.45, 2.75) is 13.3 Å². The highest BCUT2D eigenvalue weighted by Crippen LogP contribution is 2.18. The highest BCUT2D eigenvalue weighted by atomic mass is 32.2. The number of phenols is 1. The van der Waals surface area contributed by atoms with E-state index in [2.05, 4.69) is 0 Å². The normalized spacial score (nSPS) is 10.7. The number of primary amides is 1. The summed E-state index contributed by atoms with van der Waals surface area (Å²) >= 11 is 1.27. The molecule has 0 aliphatic heterocycles. The molecular formula is C13H15NO3S. The number of hydrogen-bond acceptors (Lipinski definition) is 4. The summed E-state index contributed by atoms with van der Waals surface area (Å²) in [5, 5.41) is 9.51. The van der Waals surface area contributed by atoms with Crippen molar-refractivity contribution in [3.63, 3.8) is 0 Å². The fourth-order valence-electron chi connectivity index (χ4n) is 1.34. The van der Waals surface area contributed by atoms with Gasteiger partial charge >= 0.3 is 0 Å². The van der Waals surface area contributed by atoms with Crippen molar-refractivity contribution in [1.82, 2.24) is 0 Å². The first kappa shape index (κ1) is 14.3. The van der Waals surface area contributed by atoms with Gasteiger partial charge in [0.2, 0.25) is 0 Å². The van der Waals surface area contributed by atoms with E-state index in [1.54, 1.807) is 6.07 Å². The standard InChI is InChI=1S/C13H15NO3S/c1-9(15)18-7-3-2-4-10-5-6-12(16)11(8-10)13(14)17/h2,4-6,8,16H,3,7H2,1H3,(H2,14,17). The maximum Gasteiger partial charge on any atom is 0.252 e. The molecule has 1 amide bonds. The number of rotatable bonds is 5. The van der Waals surface area contributed by atoms with Crippen molar-refractivity contribution in [1.29, 1.82) is 0 Å². The second kappa shape index (κ2) is 6.86. The van der Waals surface area contributed by atoms with Crippen molar-refractivity contribution >= 4 is 28.9 Å². The van der Waals surface area contributed by atoms with Gasteiger partial charge in [-0.15, -0.1) is 0 Å². The molecule has 0 spiro atoms. The summed E-state index contributed by atoms with van der Waals surface area (Å²) in [4.78, 5) is 21.7. The Kier molecular flexibility index (Phi) is 5.45. The van der Waals surface area contributed by atoms with Gasteiger partial charge in [0.1, 0.15) is 5.75 Å². The summed E-state index contributed by atoms with van der Waals surface area (Å²) in [5.41, 5.74) is 6.02. The van der Waals surface area contributed by atoms with Gasteiger partial charge < -0.3 is 10.8 Å².